The van der Waals surface area contributed by atoms with Gasteiger partial charge in [0.05, 0.1) is 17.8 Å². The van der Waals surface area contributed by atoms with Crippen molar-refractivity contribution in [1.82, 2.24) is 15.3 Å². The number of ether oxygens (including phenoxy) is 2. The average Bonchev–Trinajstić information content (AvgIpc) is 3.01. The first kappa shape index (κ1) is 19.3. The summed E-state index contributed by atoms with van der Waals surface area (Å²) in [5.74, 6) is 1.48. The van der Waals surface area contributed by atoms with Crippen LogP contribution in [0.3, 0.4) is 0 Å². The summed E-state index contributed by atoms with van der Waals surface area (Å²) in [6.07, 6.45) is 4.56. The number of thiazole rings is 1. The van der Waals surface area contributed by atoms with Crippen LogP contribution in [0.4, 0.5) is 0 Å². The van der Waals surface area contributed by atoms with Crippen LogP contribution in [0, 0.1) is 13.8 Å². The first-order valence-electron chi connectivity index (χ1n) is 8.98. The van der Waals surface area contributed by atoms with E-state index < -0.39 is 0 Å². The molecular weight excluding hydrogens is 358 g/mol. The van der Waals surface area contributed by atoms with Gasteiger partial charge in [0, 0.05) is 35.9 Å². The first-order valence-corrected chi connectivity index (χ1v) is 9.79. The van der Waals surface area contributed by atoms with Crippen LogP contribution in [-0.2, 0) is 19.6 Å². The Bertz CT molecular complexity index is 865. The Labute approximate surface area is 164 Å². The van der Waals surface area contributed by atoms with Crippen LogP contribution in [0.5, 0.6) is 11.5 Å². The second kappa shape index (κ2) is 9.48. The number of aromatic nitrogens is 2. The summed E-state index contributed by atoms with van der Waals surface area (Å²) >= 11 is 1.78. The summed E-state index contributed by atoms with van der Waals surface area (Å²) in [5, 5.41) is 4.63. The SMILES string of the molecule is COc1ccc(CNCCc2sc(C)nc2C)cc1OCc1cccnc1. The summed E-state index contributed by atoms with van der Waals surface area (Å²) in [7, 11) is 1.66. The molecule has 6 heteroatoms. The lowest BCUT2D eigenvalue weighted by Gasteiger charge is -2.13. The van der Waals surface area contributed by atoms with E-state index in [4.69, 9.17) is 9.47 Å². The van der Waals surface area contributed by atoms with Gasteiger partial charge >= 0.3 is 0 Å². The fraction of sp³-hybridized carbons (Fsp3) is 0.333. The largest absolute Gasteiger partial charge is 0.493 e. The van der Waals surface area contributed by atoms with E-state index in [0.717, 1.165) is 52.8 Å². The van der Waals surface area contributed by atoms with Gasteiger partial charge in [-0.1, -0.05) is 12.1 Å². The van der Waals surface area contributed by atoms with Crippen LogP contribution in [0.15, 0.2) is 42.7 Å². The summed E-state index contributed by atoms with van der Waals surface area (Å²) in [5.41, 5.74) is 3.34. The molecule has 0 radical (unpaired) electrons. The van der Waals surface area contributed by atoms with E-state index in [1.54, 1.807) is 30.8 Å². The Kier molecular flexibility index (Phi) is 6.79. The third kappa shape index (κ3) is 5.52. The zero-order chi connectivity index (χ0) is 19.1. The molecule has 1 N–H and O–H groups in total. The molecule has 142 valence electrons. The summed E-state index contributed by atoms with van der Waals surface area (Å²) in [6, 6.07) is 9.94. The molecule has 1 aromatic carbocycles. The molecule has 2 aromatic heterocycles. The molecule has 27 heavy (non-hydrogen) atoms. The second-order valence-corrected chi connectivity index (χ2v) is 7.59. The van der Waals surface area contributed by atoms with Gasteiger partial charge in [-0.15, -0.1) is 11.3 Å². The fourth-order valence-corrected chi connectivity index (χ4v) is 3.77. The van der Waals surface area contributed by atoms with Gasteiger partial charge < -0.3 is 14.8 Å². The number of rotatable bonds is 9. The van der Waals surface area contributed by atoms with E-state index in [0.29, 0.717) is 6.61 Å². The van der Waals surface area contributed by atoms with Gasteiger partial charge in [0.15, 0.2) is 11.5 Å². The predicted octanol–water partition coefficient (Wildman–Crippen LogP) is 4.07. The molecule has 0 bridgehead atoms. The Morgan fingerprint density at radius 2 is 2.00 bits per heavy atom. The van der Waals surface area contributed by atoms with Crippen molar-refractivity contribution in [1.29, 1.82) is 0 Å². The number of methoxy groups -OCH3 is 1. The molecule has 0 amide bonds. The molecule has 0 spiro atoms. The van der Waals surface area contributed by atoms with Crippen LogP contribution < -0.4 is 14.8 Å². The Morgan fingerprint density at radius 3 is 2.70 bits per heavy atom. The number of benzene rings is 1. The summed E-state index contributed by atoms with van der Waals surface area (Å²) in [6.45, 7) is 6.29. The van der Waals surface area contributed by atoms with Gasteiger partial charge in [-0.05, 0) is 44.0 Å². The number of pyridine rings is 1. The highest BCUT2D eigenvalue weighted by molar-refractivity contribution is 7.11. The van der Waals surface area contributed by atoms with Crippen LogP contribution in [-0.4, -0.2) is 23.6 Å². The third-order valence-electron chi connectivity index (χ3n) is 4.20. The molecule has 0 aliphatic carbocycles. The lowest BCUT2D eigenvalue weighted by atomic mass is 10.2. The molecule has 0 atom stereocenters. The van der Waals surface area contributed by atoms with Crippen molar-refractivity contribution in [2.75, 3.05) is 13.7 Å². The minimum Gasteiger partial charge on any atom is -0.493 e. The second-order valence-electron chi connectivity index (χ2n) is 6.30. The lowest BCUT2D eigenvalue weighted by molar-refractivity contribution is 0.284. The van der Waals surface area contributed by atoms with E-state index in [9.17, 15) is 0 Å². The van der Waals surface area contributed by atoms with Crippen molar-refractivity contribution in [3.05, 3.63) is 69.4 Å². The Morgan fingerprint density at radius 1 is 1.11 bits per heavy atom. The summed E-state index contributed by atoms with van der Waals surface area (Å²) < 4.78 is 11.4. The standard InChI is InChI=1S/C21H25N3O2S/c1-15-21(27-16(2)24-15)8-10-23-12-17-6-7-19(25-3)20(11-17)26-14-18-5-4-9-22-13-18/h4-7,9,11,13,23H,8,10,12,14H2,1-3H3. The molecule has 3 rings (SSSR count). The maximum Gasteiger partial charge on any atom is 0.161 e. The van der Waals surface area contributed by atoms with E-state index >= 15 is 0 Å². The highest BCUT2D eigenvalue weighted by Gasteiger charge is 2.08. The number of aryl methyl sites for hydroxylation is 2. The van der Waals surface area contributed by atoms with Crippen molar-refractivity contribution >= 4 is 11.3 Å². The molecule has 0 aliphatic rings. The van der Waals surface area contributed by atoms with E-state index in [1.165, 1.54) is 4.88 Å². The molecule has 0 saturated heterocycles. The number of hydrogen-bond acceptors (Lipinski definition) is 6. The predicted molar refractivity (Wildman–Crippen MR) is 109 cm³/mol. The zero-order valence-corrected chi connectivity index (χ0v) is 16.8. The lowest BCUT2D eigenvalue weighted by Crippen LogP contribution is -2.16. The zero-order valence-electron chi connectivity index (χ0n) is 16.0. The molecule has 5 nitrogen and oxygen atoms in total. The van der Waals surface area contributed by atoms with Crippen LogP contribution in [0.2, 0.25) is 0 Å². The van der Waals surface area contributed by atoms with Crippen LogP contribution >= 0.6 is 11.3 Å². The first-order chi connectivity index (χ1) is 13.2. The maximum absolute atomic E-state index is 5.95. The van der Waals surface area contributed by atoms with E-state index in [-0.39, 0.29) is 0 Å². The minimum atomic E-state index is 0.463. The molecule has 0 fully saturated rings. The fourth-order valence-electron chi connectivity index (χ4n) is 2.83. The van der Waals surface area contributed by atoms with Crippen molar-refractivity contribution in [3.8, 4) is 11.5 Å². The summed E-state index contributed by atoms with van der Waals surface area (Å²) in [4.78, 5) is 9.95. The molecule has 0 unspecified atom stereocenters. The molecule has 0 aliphatic heterocycles. The van der Waals surface area contributed by atoms with Crippen LogP contribution in [0.25, 0.3) is 0 Å². The maximum atomic E-state index is 5.95. The Hall–Kier alpha value is -2.44. The van der Waals surface area contributed by atoms with Gasteiger partial charge in [0.1, 0.15) is 6.61 Å². The number of nitrogens with one attached hydrogen (secondary N) is 1. The van der Waals surface area contributed by atoms with Gasteiger partial charge in [-0.2, -0.15) is 0 Å². The highest BCUT2D eigenvalue weighted by atomic mass is 32.1. The smallest absolute Gasteiger partial charge is 0.161 e. The van der Waals surface area contributed by atoms with Gasteiger partial charge in [0.25, 0.3) is 0 Å². The monoisotopic (exact) mass is 383 g/mol. The van der Waals surface area contributed by atoms with E-state index in [2.05, 4.69) is 35.2 Å². The van der Waals surface area contributed by atoms with E-state index in [1.807, 2.05) is 24.3 Å². The van der Waals surface area contributed by atoms with Crippen LogP contribution in [0.1, 0.15) is 26.7 Å². The third-order valence-corrected chi connectivity index (χ3v) is 5.34. The van der Waals surface area contributed by atoms with Gasteiger partial charge in [0.2, 0.25) is 0 Å². The molecule has 3 aromatic rings. The number of nitrogens with zero attached hydrogens (tertiary/aromatic N) is 2. The van der Waals surface area contributed by atoms with Gasteiger partial charge in [-0.25, -0.2) is 4.98 Å². The van der Waals surface area contributed by atoms with Crippen molar-refractivity contribution in [2.45, 2.75) is 33.4 Å². The average molecular weight is 384 g/mol. The quantitative estimate of drug-likeness (QED) is 0.565. The normalized spacial score (nSPS) is 10.8. The number of hydrogen-bond donors (Lipinski definition) is 1. The highest BCUT2D eigenvalue weighted by Crippen LogP contribution is 2.29. The topological polar surface area (TPSA) is 56.3 Å². The molecule has 2 heterocycles. The molecule has 0 saturated carbocycles. The van der Waals surface area contributed by atoms with Crippen molar-refractivity contribution in [3.63, 3.8) is 0 Å². The molecular formula is C21H25N3O2S. The van der Waals surface area contributed by atoms with Crippen molar-refractivity contribution < 1.29 is 9.47 Å². The minimum absolute atomic E-state index is 0.463. The van der Waals surface area contributed by atoms with Crippen molar-refractivity contribution in [2.24, 2.45) is 0 Å². The Balaban J connectivity index is 1.55. The van der Waals surface area contributed by atoms with Gasteiger partial charge in [-0.3, -0.25) is 4.98 Å².